The largest absolute Gasteiger partial charge is 0.497 e. The first-order chi connectivity index (χ1) is 13.0. The molecular weight excluding hydrogens is 345 g/mol. The quantitative estimate of drug-likeness (QED) is 0.848. The van der Waals surface area contributed by atoms with Crippen molar-refractivity contribution >= 4 is 11.6 Å². The molecule has 27 heavy (non-hydrogen) atoms. The normalized spacial score (nSPS) is 14.9. The van der Waals surface area contributed by atoms with Crippen LogP contribution in [-0.4, -0.2) is 50.6 Å². The van der Waals surface area contributed by atoms with Gasteiger partial charge in [-0.2, -0.15) is 0 Å². The topological polar surface area (TPSA) is 44.8 Å². The van der Waals surface area contributed by atoms with E-state index in [9.17, 15) is 9.18 Å². The molecule has 2 aromatic rings. The molecule has 0 bridgehead atoms. The molecule has 0 aromatic heterocycles. The Morgan fingerprint density at radius 3 is 2.63 bits per heavy atom. The molecule has 0 radical (unpaired) electrons. The summed E-state index contributed by atoms with van der Waals surface area (Å²) in [5, 5.41) is 2.92. The maximum Gasteiger partial charge on any atom is 0.234 e. The summed E-state index contributed by atoms with van der Waals surface area (Å²) in [6.45, 7) is 5.94. The highest BCUT2D eigenvalue weighted by atomic mass is 19.1. The second kappa shape index (κ2) is 8.86. The van der Waals surface area contributed by atoms with E-state index in [-0.39, 0.29) is 11.7 Å². The van der Waals surface area contributed by atoms with Gasteiger partial charge in [-0.3, -0.25) is 9.69 Å². The lowest BCUT2D eigenvalue weighted by Gasteiger charge is -2.35. The summed E-state index contributed by atoms with van der Waals surface area (Å²) in [5.74, 6) is 0.621. The fourth-order valence-electron chi connectivity index (χ4n) is 3.25. The number of halogens is 1. The van der Waals surface area contributed by atoms with Gasteiger partial charge in [0.2, 0.25) is 5.91 Å². The Labute approximate surface area is 159 Å². The van der Waals surface area contributed by atoms with Crippen molar-refractivity contribution in [3.8, 4) is 5.75 Å². The summed E-state index contributed by atoms with van der Waals surface area (Å²) in [5.41, 5.74) is 2.64. The molecule has 1 aliphatic heterocycles. The third kappa shape index (κ3) is 5.20. The summed E-state index contributed by atoms with van der Waals surface area (Å²) >= 11 is 0. The third-order valence-corrected chi connectivity index (χ3v) is 4.87. The second-order valence-electron chi connectivity index (χ2n) is 6.82. The number of methoxy groups -OCH3 is 1. The molecule has 0 spiro atoms. The van der Waals surface area contributed by atoms with Gasteiger partial charge >= 0.3 is 0 Å². The highest BCUT2D eigenvalue weighted by Gasteiger charge is 2.19. The minimum absolute atomic E-state index is 0.00758. The lowest BCUT2D eigenvalue weighted by atomic mass is 10.1. The average Bonchev–Trinajstić information content (AvgIpc) is 2.69. The number of aryl methyl sites for hydroxylation is 1. The van der Waals surface area contributed by atoms with Gasteiger partial charge in [0.05, 0.1) is 13.7 Å². The Balaban J connectivity index is 1.44. The summed E-state index contributed by atoms with van der Waals surface area (Å²) in [6.07, 6.45) is 0. The van der Waals surface area contributed by atoms with Crippen LogP contribution in [0.25, 0.3) is 0 Å². The number of ether oxygens (including phenoxy) is 1. The van der Waals surface area contributed by atoms with E-state index in [0.29, 0.717) is 18.7 Å². The number of nitrogens with zero attached hydrogens (tertiary/aromatic N) is 2. The number of benzene rings is 2. The standard InChI is InChI=1S/C21H26FN3O2/c1-16-12-17(6-7-20(16)22)14-23-21(26)15-24-8-10-25(11-9-24)18-4-3-5-19(13-18)27-2/h3-7,12-13H,8-11,14-15H2,1-2H3,(H,23,26). The van der Waals surface area contributed by atoms with E-state index in [4.69, 9.17) is 4.74 Å². The average molecular weight is 371 g/mol. The zero-order valence-corrected chi connectivity index (χ0v) is 15.9. The highest BCUT2D eigenvalue weighted by Crippen LogP contribution is 2.22. The fourth-order valence-corrected chi connectivity index (χ4v) is 3.25. The van der Waals surface area contributed by atoms with Crippen LogP contribution in [0.3, 0.4) is 0 Å². The van der Waals surface area contributed by atoms with Crippen LogP contribution < -0.4 is 15.0 Å². The molecule has 0 aliphatic carbocycles. The first kappa shape index (κ1) is 19.2. The van der Waals surface area contributed by atoms with Crippen molar-refractivity contribution in [2.24, 2.45) is 0 Å². The van der Waals surface area contributed by atoms with E-state index in [1.807, 2.05) is 18.2 Å². The molecule has 2 aromatic carbocycles. The molecule has 5 nitrogen and oxygen atoms in total. The summed E-state index contributed by atoms with van der Waals surface area (Å²) < 4.78 is 18.6. The molecular formula is C21H26FN3O2. The SMILES string of the molecule is COc1cccc(N2CCN(CC(=O)NCc3ccc(F)c(C)c3)CC2)c1. The van der Waals surface area contributed by atoms with E-state index in [0.717, 1.165) is 43.2 Å². The van der Waals surface area contributed by atoms with Crippen LogP contribution in [0.2, 0.25) is 0 Å². The zero-order valence-electron chi connectivity index (χ0n) is 15.9. The van der Waals surface area contributed by atoms with Crippen LogP contribution in [0.1, 0.15) is 11.1 Å². The Morgan fingerprint density at radius 2 is 1.93 bits per heavy atom. The summed E-state index contributed by atoms with van der Waals surface area (Å²) in [6, 6.07) is 13.0. The van der Waals surface area contributed by atoms with Gasteiger partial charge in [-0.1, -0.05) is 18.2 Å². The number of hydrogen-bond acceptors (Lipinski definition) is 4. The first-order valence-electron chi connectivity index (χ1n) is 9.18. The van der Waals surface area contributed by atoms with Gasteiger partial charge in [-0.15, -0.1) is 0 Å². The molecule has 1 fully saturated rings. The van der Waals surface area contributed by atoms with Crippen LogP contribution in [0.15, 0.2) is 42.5 Å². The van der Waals surface area contributed by atoms with Crippen LogP contribution in [0.5, 0.6) is 5.75 Å². The van der Waals surface area contributed by atoms with Crippen molar-refractivity contribution in [3.63, 3.8) is 0 Å². The van der Waals surface area contributed by atoms with E-state index < -0.39 is 0 Å². The molecule has 1 saturated heterocycles. The molecule has 1 amide bonds. The first-order valence-corrected chi connectivity index (χ1v) is 9.18. The lowest BCUT2D eigenvalue weighted by molar-refractivity contribution is -0.122. The predicted molar refractivity (Wildman–Crippen MR) is 105 cm³/mol. The molecule has 6 heteroatoms. The highest BCUT2D eigenvalue weighted by molar-refractivity contribution is 5.78. The number of anilines is 1. The molecule has 0 saturated carbocycles. The number of amides is 1. The minimum atomic E-state index is -0.223. The lowest BCUT2D eigenvalue weighted by Crippen LogP contribution is -2.49. The number of nitrogens with one attached hydrogen (secondary N) is 1. The number of rotatable bonds is 6. The van der Waals surface area contributed by atoms with Gasteiger partial charge < -0.3 is 15.0 Å². The van der Waals surface area contributed by atoms with Crippen molar-refractivity contribution in [1.82, 2.24) is 10.2 Å². The van der Waals surface area contributed by atoms with Crippen molar-refractivity contribution in [3.05, 3.63) is 59.4 Å². The minimum Gasteiger partial charge on any atom is -0.497 e. The van der Waals surface area contributed by atoms with E-state index >= 15 is 0 Å². The van der Waals surface area contributed by atoms with Gasteiger partial charge in [0.1, 0.15) is 11.6 Å². The Kier molecular flexibility index (Phi) is 6.29. The van der Waals surface area contributed by atoms with Crippen LogP contribution in [-0.2, 0) is 11.3 Å². The van der Waals surface area contributed by atoms with Gasteiger partial charge in [0.25, 0.3) is 0 Å². The van der Waals surface area contributed by atoms with Crippen LogP contribution >= 0.6 is 0 Å². The van der Waals surface area contributed by atoms with Crippen LogP contribution in [0, 0.1) is 12.7 Å². The Morgan fingerprint density at radius 1 is 1.15 bits per heavy atom. The molecule has 1 N–H and O–H groups in total. The molecule has 144 valence electrons. The second-order valence-corrected chi connectivity index (χ2v) is 6.82. The number of carbonyl (C=O) groups excluding carboxylic acids is 1. The van der Waals surface area contributed by atoms with Crippen LogP contribution in [0.4, 0.5) is 10.1 Å². The molecule has 3 rings (SSSR count). The number of piperazine rings is 1. The van der Waals surface area contributed by atoms with Gasteiger partial charge in [-0.25, -0.2) is 4.39 Å². The van der Waals surface area contributed by atoms with E-state index in [2.05, 4.69) is 21.2 Å². The van der Waals surface area contributed by atoms with Gasteiger partial charge in [-0.05, 0) is 36.2 Å². The fraction of sp³-hybridized carbons (Fsp3) is 0.381. The maximum absolute atomic E-state index is 13.3. The molecule has 1 aliphatic rings. The van der Waals surface area contributed by atoms with Gasteiger partial charge in [0, 0.05) is 44.5 Å². The summed E-state index contributed by atoms with van der Waals surface area (Å²) in [4.78, 5) is 16.7. The van der Waals surface area contributed by atoms with Crippen molar-refractivity contribution in [2.75, 3.05) is 44.7 Å². The molecule has 0 atom stereocenters. The monoisotopic (exact) mass is 371 g/mol. The number of carbonyl (C=O) groups is 1. The maximum atomic E-state index is 13.3. The van der Waals surface area contributed by atoms with E-state index in [1.165, 1.54) is 6.07 Å². The van der Waals surface area contributed by atoms with Gasteiger partial charge in [0.15, 0.2) is 0 Å². The van der Waals surface area contributed by atoms with E-state index in [1.54, 1.807) is 26.2 Å². The molecule has 0 unspecified atom stereocenters. The summed E-state index contributed by atoms with van der Waals surface area (Å²) in [7, 11) is 1.67. The smallest absolute Gasteiger partial charge is 0.234 e. The van der Waals surface area contributed by atoms with Crippen molar-refractivity contribution in [1.29, 1.82) is 0 Å². The van der Waals surface area contributed by atoms with Crippen molar-refractivity contribution < 1.29 is 13.9 Å². The zero-order chi connectivity index (χ0) is 19.2. The van der Waals surface area contributed by atoms with Crippen molar-refractivity contribution in [2.45, 2.75) is 13.5 Å². The predicted octanol–water partition coefficient (Wildman–Crippen LogP) is 2.58. The third-order valence-electron chi connectivity index (χ3n) is 4.87. The number of hydrogen-bond donors (Lipinski definition) is 1. The Hall–Kier alpha value is -2.60. The molecule has 1 heterocycles. The Bertz CT molecular complexity index is 789.